The van der Waals surface area contributed by atoms with Crippen LogP contribution in [0, 0.1) is 0 Å². The molecule has 7 heteroatoms. The van der Waals surface area contributed by atoms with Crippen LogP contribution in [-0.2, 0) is 20.8 Å². The van der Waals surface area contributed by atoms with Gasteiger partial charge in [0, 0.05) is 11.6 Å². The molecule has 0 aromatic heterocycles. The van der Waals surface area contributed by atoms with E-state index in [0.29, 0.717) is 11.3 Å². The number of carbonyl (C=O) groups is 3. The molecule has 0 radical (unpaired) electrons. The summed E-state index contributed by atoms with van der Waals surface area (Å²) < 4.78 is 5.13. The number of nitrogens with one attached hydrogen (secondary N) is 3. The molecule has 0 atom stereocenters. The van der Waals surface area contributed by atoms with Gasteiger partial charge in [0.2, 0.25) is 5.91 Å². The highest BCUT2D eigenvalue weighted by atomic mass is 16.5. The van der Waals surface area contributed by atoms with Gasteiger partial charge in [-0.3, -0.25) is 25.2 Å². The van der Waals surface area contributed by atoms with Crippen LogP contribution in [0.1, 0.15) is 18.4 Å². The van der Waals surface area contributed by atoms with Crippen LogP contribution < -0.4 is 20.9 Å². The molecular formula is C14H17N3O4. The number of hydrogen-bond donors (Lipinski definition) is 3. The Hall–Kier alpha value is -2.57. The Bertz CT molecular complexity index is 555. The monoisotopic (exact) mass is 291 g/mol. The van der Waals surface area contributed by atoms with Gasteiger partial charge in [-0.15, -0.1) is 0 Å². The van der Waals surface area contributed by atoms with Gasteiger partial charge in [0.25, 0.3) is 0 Å². The maximum Gasteiger partial charge on any atom is 0.327 e. The van der Waals surface area contributed by atoms with Crippen molar-refractivity contribution in [3.8, 4) is 5.75 Å². The van der Waals surface area contributed by atoms with Gasteiger partial charge in [-0.1, -0.05) is 18.2 Å². The second-order valence-electron chi connectivity index (χ2n) is 4.74. The molecule has 3 amide bonds. The van der Waals surface area contributed by atoms with E-state index in [1.165, 1.54) is 7.11 Å². The summed E-state index contributed by atoms with van der Waals surface area (Å²) in [4.78, 5) is 34.5. The minimum Gasteiger partial charge on any atom is -0.496 e. The minimum absolute atomic E-state index is 0.0362. The highest BCUT2D eigenvalue weighted by Crippen LogP contribution is 2.18. The van der Waals surface area contributed by atoms with Crippen LogP contribution in [0.15, 0.2) is 24.3 Å². The van der Waals surface area contributed by atoms with E-state index in [1.807, 2.05) is 0 Å². The summed E-state index contributed by atoms with van der Waals surface area (Å²) in [5, 5.41) is 2.52. The van der Waals surface area contributed by atoms with Crippen LogP contribution in [-0.4, -0.2) is 30.9 Å². The lowest BCUT2D eigenvalue weighted by molar-refractivity contribution is -0.140. The number of carbonyl (C=O) groups excluding carboxylic acids is 3. The zero-order valence-electron chi connectivity index (χ0n) is 11.6. The number of hydrogen-bond acceptors (Lipinski definition) is 4. The molecule has 7 nitrogen and oxygen atoms in total. The quantitative estimate of drug-likeness (QED) is 0.522. The smallest absolute Gasteiger partial charge is 0.327 e. The molecule has 2 rings (SSSR count). The van der Waals surface area contributed by atoms with Gasteiger partial charge in [0.1, 0.15) is 5.75 Å². The molecule has 1 aromatic rings. The molecule has 0 aliphatic heterocycles. The normalized spacial score (nSPS) is 13.2. The second-order valence-corrected chi connectivity index (χ2v) is 4.74. The van der Waals surface area contributed by atoms with Crippen LogP contribution >= 0.6 is 0 Å². The molecule has 1 fully saturated rings. The fraction of sp³-hybridized carbons (Fsp3) is 0.357. The topological polar surface area (TPSA) is 96.5 Å². The van der Waals surface area contributed by atoms with Crippen molar-refractivity contribution in [3.63, 3.8) is 0 Å². The third kappa shape index (κ3) is 4.48. The van der Waals surface area contributed by atoms with Crippen LogP contribution in [0.5, 0.6) is 5.75 Å². The number of ether oxygens (including phenoxy) is 1. The summed E-state index contributed by atoms with van der Waals surface area (Å²) in [7, 11) is 1.51. The summed E-state index contributed by atoms with van der Waals surface area (Å²) in [5.41, 5.74) is 4.97. The number of rotatable bonds is 4. The van der Waals surface area contributed by atoms with Crippen LogP contribution in [0.4, 0.5) is 0 Å². The lowest BCUT2D eigenvalue weighted by atomic mass is 10.1. The Balaban J connectivity index is 1.78. The predicted molar refractivity (Wildman–Crippen MR) is 74.1 cm³/mol. The van der Waals surface area contributed by atoms with Gasteiger partial charge in [0.05, 0.1) is 13.5 Å². The van der Waals surface area contributed by atoms with Crippen molar-refractivity contribution in [2.45, 2.75) is 25.3 Å². The van der Waals surface area contributed by atoms with E-state index in [1.54, 1.807) is 24.3 Å². The highest BCUT2D eigenvalue weighted by Gasteiger charge is 2.26. The Morgan fingerprint density at radius 2 is 1.86 bits per heavy atom. The summed E-state index contributed by atoms with van der Waals surface area (Å²) in [6.07, 6.45) is 1.81. The third-order valence-electron chi connectivity index (χ3n) is 2.98. The Morgan fingerprint density at radius 1 is 1.14 bits per heavy atom. The minimum atomic E-state index is -0.879. The third-order valence-corrected chi connectivity index (χ3v) is 2.98. The van der Waals surface area contributed by atoms with Crippen LogP contribution in [0.25, 0.3) is 0 Å². The van der Waals surface area contributed by atoms with Crippen molar-refractivity contribution in [3.05, 3.63) is 29.8 Å². The molecule has 1 saturated carbocycles. The van der Waals surface area contributed by atoms with Crippen molar-refractivity contribution >= 4 is 17.7 Å². The molecule has 112 valence electrons. The lowest BCUT2D eigenvalue weighted by Crippen LogP contribution is -2.49. The number of methoxy groups -OCH3 is 1. The molecule has 0 spiro atoms. The van der Waals surface area contributed by atoms with Crippen molar-refractivity contribution < 1.29 is 19.1 Å². The highest BCUT2D eigenvalue weighted by molar-refractivity contribution is 6.35. The zero-order chi connectivity index (χ0) is 15.2. The average molecular weight is 291 g/mol. The second kappa shape index (κ2) is 6.74. The largest absolute Gasteiger partial charge is 0.496 e. The lowest BCUT2D eigenvalue weighted by Gasteiger charge is -2.09. The Labute approximate surface area is 122 Å². The SMILES string of the molecule is COc1ccccc1CC(=O)NNC(=O)C(=O)NC1CC1. The van der Waals surface area contributed by atoms with Gasteiger partial charge >= 0.3 is 11.8 Å². The van der Waals surface area contributed by atoms with Crippen molar-refractivity contribution in [1.82, 2.24) is 16.2 Å². The molecule has 1 aromatic carbocycles. The van der Waals surface area contributed by atoms with E-state index < -0.39 is 17.7 Å². The van der Waals surface area contributed by atoms with Crippen LogP contribution in [0.3, 0.4) is 0 Å². The fourth-order valence-corrected chi connectivity index (χ4v) is 1.73. The van der Waals surface area contributed by atoms with Gasteiger partial charge < -0.3 is 10.1 Å². The Morgan fingerprint density at radius 3 is 2.52 bits per heavy atom. The summed E-state index contributed by atoms with van der Waals surface area (Å²) in [5.74, 6) is -1.47. The molecule has 21 heavy (non-hydrogen) atoms. The first-order valence-electron chi connectivity index (χ1n) is 6.61. The van der Waals surface area contributed by atoms with E-state index in [2.05, 4.69) is 16.2 Å². The first-order valence-corrected chi connectivity index (χ1v) is 6.61. The van der Waals surface area contributed by atoms with Crippen molar-refractivity contribution in [2.24, 2.45) is 0 Å². The number of benzene rings is 1. The number of para-hydroxylation sites is 1. The molecule has 0 bridgehead atoms. The number of hydrazine groups is 1. The Kier molecular flexibility index (Phi) is 4.76. The molecule has 3 N–H and O–H groups in total. The summed E-state index contributed by atoms with van der Waals surface area (Å²) in [6.45, 7) is 0. The van der Waals surface area contributed by atoms with E-state index in [-0.39, 0.29) is 12.5 Å². The van der Waals surface area contributed by atoms with Crippen LogP contribution in [0.2, 0.25) is 0 Å². The molecule has 0 heterocycles. The van der Waals surface area contributed by atoms with Gasteiger partial charge in [-0.2, -0.15) is 0 Å². The summed E-state index contributed by atoms with van der Waals surface area (Å²) in [6, 6.07) is 7.16. The fourth-order valence-electron chi connectivity index (χ4n) is 1.73. The predicted octanol–water partition coefficient (Wildman–Crippen LogP) is -0.336. The van der Waals surface area contributed by atoms with E-state index in [9.17, 15) is 14.4 Å². The maximum absolute atomic E-state index is 11.7. The van der Waals surface area contributed by atoms with E-state index in [4.69, 9.17) is 4.74 Å². The van der Waals surface area contributed by atoms with Gasteiger partial charge in [-0.25, -0.2) is 0 Å². The summed E-state index contributed by atoms with van der Waals surface area (Å²) >= 11 is 0. The number of amides is 3. The molecule has 1 aliphatic rings. The molecule has 0 saturated heterocycles. The molecular weight excluding hydrogens is 274 g/mol. The zero-order valence-corrected chi connectivity index (χ0v) is 11.6. The van der Waals surface area contributed by atoms with E-state index in [0.717, 1.165) is 12.8 Å². The van der Waals surface area contributed by atoms with Gasteiger partial charge in [0.15, 0.2) is 0 Å². The van der Waals surface area contributed by atoms with E-state index >= 15 is 0 Å². The molecule has 1 aliphatic carbocycles. The maximum atomic E-state index is 11.7. The molecule has 0 unspecified atom stereocenters. The van der Waals surface area contributed by atoms with Gasteiger partial charge in [-0.05, 0) is 18.9 Å². The first-order chi connectivity index (χ1) is 10.1. The first kappa shape index (κ1) is 14.8. The van der Waals surface area contributed by atoms with Crippen molar-refractivity contribution in [1.29, 1.82) is 0 Å². The van der Waals surface area contributed by atoms with Crippen molar-refractivity contribution in [2.75, 3.05) is 7.11 Å². The average Bonchev–Trinajstić information content (AvgIpc) is 3.29. The standard InChI is InChI=1S/C14H17N3O4/c1-21-11-5-3-2-4-9(11)8-12(18)16-17-14(20)13(19)15-10-6-7-10/h2-5,10H,6-8H2,1H3,(H,15,19)(H,16,18)(H,17,20).